The number of nitrogens with zero attached hydrogens (tertiary/aromatic N) is 7. The van der Waals surface area contributed by atoms with Crippen molar-refractivity contribution in [1.82, 2.24) is 34.9 Å². The Balaban J connectivity index is 1.25. The van der Waals surface area contributed by atoms with Crippen LogP contribution in [0.5, 0.6) is 0 Å². The third kappa shape index (κ3) is 3.89. The lowest BCUT2D eigenvalue weighted by atomic mass is 10.0. The Morgan fingerprint density at radius 2 is 1.45 bits per heavy atom. The SMILES string of the molecule is Cc1cccc2c1nnn2Cc1cccc(Cc2cccc3c2nnn3CN2CCCC2)c1. The molecule has 0 N–H and O–H groups in total. The number of benzene rings is 3. The standard InChI is InChI=1S/C26H27N7/c1-19-7-4-11-23-25(19)27-29-32(23)17-21-9-5-8-20(15-21)16-22-10-6-12-24-26(22)28-30-33(24)18-31-13-2-3-14-31/h4-12,15H,2-3,13-14,16-18H2,1H3. The summed E-state index contributed by atoms with van der Waals surface area (Å²) in [5, 5.41) is 17.8. The molecule has 1 fully saturated rings. The van der Waals surface area contributed by atoms with Crippen LogP contribution in [-0.4, -0.2) is 48.0 Å². The van der Waals surface area contributed by atoms with Gasteiger partial charge in [-0.1, -0.05) is 59.0 Å². The fourth-order valence-electron chi connectivity index (χ4n) is 4.89. The zero-order valence-electron chi connectivity index (χ0n) is 18.9. The monoisotopic (exact) mass is 437 g/mol. The number of aromatic nitrogens is 6. The Morgan fingerprint density at radius 1 is 0.758 bits per heavy atom. The van der Waals surface area contributed by atoms with Crippen LogP contribution in [0.1, 0.15) is 35.1 Å². The fourth-order valence-corrected chi connectivity index (χ4v) is 4.89. The van der Waals surface area contributed by atoms with Crippen LogP contribution in [0.15, 0.2) is 60.7 Å². The predicted octanol–water partition coefficient (Wildman–Crippen LogP) is 4.18. The smallest absolute Gasteiger partial charge is 0.116 e. The predicted molar refractivity (Wildman–Crippen MR) is 129 cm³/mol. The highest BCUT2D eigenvalue weighted by atomic mass is 15.5. The molecule has 0 spiro atoms. The van der Waals surface area contributed by atoms with Crippen molar-refractivity contribution in [3.63, 3.8) is 0 Å². The number of hydrogen-bond donors (Lipinski definition) is 0. The van der Waals surface area contributed by atoms with E-state index in [1.54, 1.807) is 0 Å². The van der Waals surface area contributed by atoms with Crippen LogP contribution in [0.25, 0.3) is 22.1 Å². The molecule has 0 unspecified atom stereocenters. The molecule has 3 aromatic carbocycles. The average molecular weight is 438 g/mol. The zero-order chi connectivity index (χ0) is 22.2. The van der Waals surface area contributed by atoms with E-state index in [0.717, 1.165) is 53.8 Å². The second kappa shape index (κ2) is 8.41. The molecule has 5 aromatic rings. The molecular formula is C26H27N7. The summed E-state index contributed by atoms with van der Waals surface area (Å²) in [7, 11) is 0. The van der Waals surface area contributed by atoms with Gasteiger partial charge in [0, 0.05) is 0 Å². The summed E-state index contributed by atoms with van der Waals surface area (Å²) in [4.78, 5) is 2.44. The Kier molecular flexibility index (Phi) is 5.11. The van der Waals surface area contributed by atoms with Gasteiger partial charge in [0.25, 0.3) is 0 Å². The maximum Gasteiger partial charge on any atom is 0.116 e. The molecule has 2 aromatic heterocycles. The molecule has 1 aliphatic heterocycles. The first kappa shape index (κ1) is 20.1. The van der Waals surface area contributed by atoms with E-state index < -0.39 is 0 Å². The van der Waals surface area contributed by atoms with E-state index in [1.165, 1.54) is 29.5 Å². The highest BCUT2D eigenvalue weighted by molar-refractivity contribution is 5.79. The Labute approximate surface area is 192 Å². The largest absolute Gasteiger partial charge is 0.284 e. The molecule has 0 amide bonds. The summed E-state index contributed by atoms with van der Waals surface area (Å²) >= 11 is 0. The van der Waals surface area contributed by atoms with E-state index in [0.29, 0.717) is 6.54 Å². The van der Waals surface area contributed by atoms with Gasteiger partial charge in [-0.2, -0.15) is 0 Å². The van der Waals surface area contributed by atoms with Crippen molar-refractivity contribution < 1.29 is 0 Å². The molecule has 3 heterocycles. The lowest BCUT2D eigenvalue weighted by molar-refractivity contribution is 0.257. The maximum atomic E-state index is 4.55. The molecule has 1 saturated heterocycles. The van der Waals surface area contributed by atoms with Gasteiger partial charge in [-0.3, -0.25) is 4.90 Å². The summed E-state index contributed by atoms with van der Waals surface area (Å²) in [6.45, 7) is 5.89. The van der Waals surface area contributed by atoms with Crippen molar-refractivity contribution in [2.75, 3.05) is 13.1 Å². The van der Waals surface area contributed by atoms with Crippen LogP contribution >= 0.6 is 0 Å². The van der Waals surface area contributed by atoms with Gasteiger partial charge in [-0.25, -0.2) is 9.36 Å². The number of hydrogen-bond acceptors (Lipinski definition) is 5. The van der Waals surface area contributed by atoms with Crippen molar-refractivity contribution >= 4 is 22.1 Å². The summed E-state index contributed by atoms with van der Waals surface area (Å²) in [5.74, 6) is 0. The molecule has 1 aliphatic rings. The van der Waals surface area contributed by atoms with Crippen LogP contribution in [0, 0.1) is 6.92 Å². The normalized spacial score (nSPS) is 14.6. The second-order valence-corrected chi connectivity index (χ2v) is 9.03. The van der Waals surface area contributed by atoms with Gasteiger partial charge in [0.15, 0.2) is 0 Å². The van der Waals surface area contributed by atoms with E-state index in [2.05, 4.69) is 93.1 Å². The number of aryl methyl sites for hydroxylation is 1. The van der Waals surface area contributed by atoms with E-state index in [9.17, 15) is 0 Å². The fraction of sp³-hybridized carbons (Fsp3) is 0.308. The minimum atomic E-state index is 0.698. The van der Waals surface area contributed by atoms with Crippen LogP contribution in [0.3, 0.4) is 0 Å². The van der Waals surface area contributed by atoms with Crippen molar-refractivity contribution in [1.29, 1.82) is 0 Å². The van der Waals surface area contributed by atoms with Crippen LogP contribution in [-0.2, 0) is 19.6 Å². The molecule has 6 rings (SSSR count). The first-order chi connectivity index (χ1) is 16.2. The van der Waals surface area contributed by atoms with Gasteiger partial charge in [0.2, 0.25) is 0 Å². The van der Waals surface area contributed by atoms with E-state index in [-0.39, 0.29) is 0 Å². The molecule has 7 heteroatoms. The second-order valence-electron chi connectivity index (χ2n) is 9.03. The first-order valence-corrected chi connectivity index (χ1v) is 11.6. The summed E-state index contributed by atoms with van der Waals surface area (Å²) < 4.78 is 4.02. The maximum absolute atomic E-state index is 4.55. The zero-order valence-corrected chi connectivity index (χ0v) is 18.9. The van der Waals surface area contributed by atoms with Gasteiger partial charge in [-0.15, -0.1) is 10.2 Å². The minimum absolute atomic E-state index is 0.698. The molecular weight excluding hydrogens is 410 g/mol. The molecule has 0 radical (unpaired) electrons. The Morgan fingerprint density at radius 3 is 2.33 bits per heavy atom. The Bertz CT molecular complexity index is 1430. The third-order valence-electron chi connectivity index (χ3n) is 6.63. The van der Waals surface area contributed by atoms with Crippen LogP contribution in [0.2, 0.25) is 0 Å². The molecule has 0 saturated carbocycles. The highest BCUT2D eigenvalue weighted by Gasteiger charge is 2.15. The molecule has 0 bridgehead atoms. The number of fused-ring (bicyclic) bond motifs is 2. The molecule has 0 atom stereocenters. The quantitative estimate of drug-likeness (QED) is 0.399. The van der Waals surface area contributed by atoms with Crippen molar-refractivity contribution in [3.8, 4) is 0 Å². The van der Waals surface area contributed by atoms with Crippen LogP contribution < -0.4 is 0 Å². The van der Waals surface area contributed by atoms with Gasteiger partial charge in [0.05, 0.1) is 24.2 Å². The van der Waals surface area contributed by atoms with E-state index in [1.807, 2.05) is 9.36 Å². The molecule has 166 valence electrons. The summed E-state index contributed by atoms with van der Waals surface area (Å²) in [6, 6.07) is 21.3. The summed E-state index contributed by atoms with van der Waals surface area (Å²) in [6.07, 6.45) is 3.38. The van der Waals surface area contributed by atoms with Gasteiger partial charge in [0.1, 0.15) is 11.0 Å². The van der Waals surface area contributed by atoms with Gasteiger partial charge in [-0.05, 0) is 73.7 Å². The van der Waals surface area contributed by atoms with Gasteiger partial charge >= 0.3 is 0 Å². The topological polar surface area (TPSA) is 64.7 Å². The lowest BCUT2D eigenvalue weighted by Gasteiger charge is -2.14. The molecule has 7 nitrogen and oxygen atoms in total. The Hall–Kier alpha value is -3.58. The number of rotatable bonds is 6. The van der Waals surface area contributed by atoms with Crippen molar-refractivity contribution in [2.24, 2.45) is 0 Å². The number of likely N-dealkylation sites (tertiary alicyclic amines) is 1. The van der Waals surface area contributed by atoms with Crippen LogP contribution in [0.4, 0.5) is 0 Å². The van der Waals surface area contributed by atoms with E-state index in [4.69, 9.17) is 0 Å². The highest BCUT2D eigenvalue weighted by Crippen LogP contribution is 2.22. The van der Waals surface area contributed by atoms with E-state index >= 15 is 0 Å². The first-order valence-electron chi connectivity index (χ1n) is 11.6. The van der Waals surface area contributed by atoms with Crippen molar-refractivity contribution in [3.05, 3.63) is 82.9 Å². The third-order valence-corrected chi connectivity index (χ3v) is 6.63. The molecule has 0 aliphatic carbocycles. The minimum Gasteiger partial charge on any atom is -0.284 e. The lowest BCUT2D eigenvalue weighted by Crippen LogP contribution is -2.23. The summed E-state index contributed by atoms with van der Waals surface area (Å²) in [5.41, 5.74) is 8.98. The average Bonchev–Trinajstić information content (AvgIpc) is 3.57. The van der Waals surface area contributed by atoms with Gasteiger partial charge < -0.3 is 0 Å². The van der Waals surface area contributed by atoms with Crippen molar-refractivity contribution in [2.45, 2.75) is 39.4 Å². The molecule has 33 heavy (non-hydrogen) atoms.